The molecular weight excluding hydrogens is 348 g/mol. The number of hydrogen-bond donors (Lipinski definition) is 0. The van der Waals surface area contributed by atoms with Gasteiger partial charge in [0.15, 0.2) is 0 Å². The summed E-state index contributed by atoms with van der Waals surface area (Å²) in [5, 5.41) is 14.5. The first-order chi connectivity index (χ1) is 8.49. The number of rotatable bonds is 3. The standard InChI is InChI=1S/C8H4BrClN4O3S/c9-4-1-6(14(16)17)8(15)13(2-4)3-5-7(10)18-12-11-5/h1-2H,3H2. The van der Waals surface area contributed by atoms with Gasteiger partial charge in [-0.15, -0.1) is 5.10 Å². The van der Waals surface area contributed by atoms with Crippen molar-refractivity contribution in [3.63, 3.8) is 0 Å². The van der Waals surface area contributed by atoms with Gasteiger partial charge >= 0.3 is 11.2 Å². The van der Waals surface area contributed by atoms with E-state index in [1.54, 1.807) is 0 Å². The molecule has 0 fully saturated rings. The Balaban J connectivity index is 2.49. The average Bonchev–Trinajstić information content (AvgIpc) is 2.69. The van der Waals surface area contributed by atoms with E-state index in [9.17, 15) is 14.9 Å². The third-order valence-electron chi connectivity index (χ3n) is 2.06. The first-order valence-corrected chi connectivity index (χ1v) is 6.44. The molecule has 0 saturated carbocycles. The van der Waals surface area contributed by atoms with E-state index in [1.807, 2.05) is 0 Å². The van der Waals surface area contributed by atoms with Crippen molar-refractivity contribution in [2.45, 2.75) is 6.54 Å². The molecule has 0 spiro atoms. The number of aromatic nitrogens is 3. The van der Waals surface area contributed by atoms with Crippen LogP contribution in [0.3, 0.4) is 0 Å². The van der Waals surface area contributed by atoms with Gasteiger partial charge in [0.1, 0.15) is 10.0 Å². The molecule has 18 heavy (non-hydrogen) atoms. The lowest BCUT2D eigenvalue weighted by Crippen LogP contribution is -2.23. The molecule has 2 rings (SSSR count). The summed E-state index contributed by atoms with van der Waals surface area (Å²) < 4.78 is 5.56. The highest BCUT2D eigenvalue weighted by atomic mass is 79.9. The normalized spacial score (nSPS) is 10.6. The molecular formula is C8H4BrClN4O3S. The predicted octanol–water partition coefficient (Wildman–Crippen LogP) is 2.07. The van der Waals surface area contributed by atoms with Crippen molar-refractivity contribution in [1.82, 2.24) is 14.2 Å². The molecule has 94 valence electrons. The third kappa shape index (κ3) is 2.57. The molecule has 0 radical (unpaired) electrons. The van der Waals surface area contributed by atoms with Gasteiger partial charge in [-0.25, -0.2) is 0 Å². The summed E-state index contributed by atoms with van der Waals surface area (Å²) in [5.74, 6) is 0. The fraction of sp³-hybridized carbons (Fsp3) is 0.125. The van der Waals surface area contributed by atoms with Crippen molar-refractivity contribution in [1.29, 1.82) is 0 Å². The Bertz CT molecular complexity index is 671. The van der Waals surface area contributed by atoms with Gasteiger partial charge in [-0.1, -0.05) is 16.1 Å². The molecule has 10 heteroatoms. The Morgan fingerprint density at radius 2 is 2.33 bits per heavy atom. The van der Waals surface area contributed by atoms with Crippen LogP contribution in [0.1, 0.15) is 5.69 Å². The Morgan fingerprint density at radius 3 is 2.89 bits per heavy atom. The van der Waals surface area contributed by atoms with Crippen molar-refractivity contribution in [2.24, 2.45) is 0 Å². The second-order valence-electron chi connectivity index (χ2n) is 3.23. The Morgan fingerprint density at radius 1 is 1.61 bits per heavy atom. The maximum atomic E-state index is 11.8. The summed E-state index contributed by atoms with van der Waals surface area (Å²) in [4.78, 5) is 21.8. The minimum Gasteiger partial charge on any atom is -0.302 e. The molecule has 0 aliphatic rings. The highest BCUT2D eigenvalue weighted by molar-refractivity contribution is 9.10. The maximum absolute atomic E-state index is 11.8. The zero-order valence-corrected chi connectivity index (χ0v) is 11.7. The second-order valence-corrected chi connectivity index (χ2v) is 5.50. The summed E-state index contributed by atoms with van der Waals surface area (Å²) in [7, 11) is 0. The molecule has 2 aromatic rings. The first-order valence-electron chi connectivity index (χ1n) is 4.50. The summed E-state index contributed by atoms with van der Waals surface area (Å²) in [5.41, 5.74) is -0.827. The van der Waals surface area contributed by atoms with E-state index in [1.165, 1.54) is 6.20 Å². The molecule has 0 N–H and O–H groups in total. The summed E-state index contributed by atoms with van der Waals surface area (Å²) in [6.07, 6.45) is 1.44. The molecule has 7 nitrogen and oxygen atoms in total. The average molecular weight is 352 g/mol. The van der Waals surface area contributed by atoms with Gasteiger partial charge in [0.25, 0.3) is 0 Å². The smallest absolute Gasteiger partial charge is 0.302 e. The van der Waals surface area contributed by atoms with E-state index >= 15 is 0 Å². The van der Waals surface area contributed by atoms with E-state index in [0.717, 1.165) is 22.2 Å². The number of pyridine rings is 1. The number of hydrogen-bond acceptors (Lipinski definition) is 6. The molecule has 0 atom stereocenters. The van der Waals surface area contributed by atoms with Crippen LogP contribution in [0.5, 0.6) is 0 Å². The van der Waals surface area contributed by atoms with Crippen LogP contribution >= 0.6 is 39.1 Å². The number of halogens is 2. The van der Waals surface area contributed by atoms with Crippen molar-refractivity contribution >= 4 is 44.8 Å². The van der Waals surface area contributed by atoms with E-state index in [4.69, 9.17) is 11.6 Å². The molecule has 0 aliphatic carbocycles. The van der Waals surface area contributed by atoms with Crippen molar-refractivity contribution in [2.75, 3.05) is 0 Å². The maximum Gasteiger partial charge on any atom is 0.335 e. The molecule has 0 bridgehead atoms. The van der Waals surface area contributed by atoms with Crippen LogP contribution in [0.25, 0.3) is 0 Å². The molecule has 0 aromatic carbocycles. The van der Waals surface area contributed by atoms with E-state index in [0.29, 0.717) is 14.5 Å². The van der Waals surface area contributed by atoms with Crippen LogP contribution in [0.4, 0.5) is 5.69 Å². The Labute approximate surface area is 117 Å². The van der Waals surface area contributed by atoms with Gasteiger partial charge in [-0.2, -0.15) is 0 Å². The highest BCUT2D eigenvalue weighted by Gasteiger charge is 2.17. The quantitative estimate of drug-likeness (QED) is 0.623. The van der Waals surface area contributed by atoms with Crippen molar-refractivity contribution in [3.05, 3.63) is 47.2 Å². The minimum atomic E-state index is -0.732. The lowest BCUT2D eigenvalue weighted by molar-refractivity contribution is -0.386. The molecule has 0 saturated heterocycles. The number of nitrogens with zero attached hydrogens (tertiary/aromatic N) is 4. The number of nitro groups is 1. The van der Waals surface area contributed by atoms with Crippen molar-refractivity contribution < 1.29 is 4.92 Å². The van der Waals surface area contributed by atoms with Gasteiger partial charge in [-0.3, -0.25) is 14.9 Å². The zero-order valence-electron chi connectivity index (χ0n) is 8.54. The van der Waals surface area contributed by atoms with Crippen LogP contribution < -0.4 is 5.56 Å². The van der Waals surface area contributed by atoms with Gasteiger partial charge < -0.3 is 4.57 Å². The fourth-order valence-corrected chi connectivity index (χ4v) is 2.36. The van der Waals surface area contributed by atoms with Crippen LogP contribution in [0, 0.1) is 10.1 Å². The zero-order chi connectivity index (χ0) is 13.3. The molecule has 2 heterocycles. The van der Waals surface area contributed by atoms with E-state index in [2.05, 4.69) is 25.5 Å². The van der Waals surface area contributed by atoms with E-state index in [-0.39, 0.29) is 6.54 Å². The van der Waals surface area contributed by atoms with E-state index < -0.39 is 16.2 Å². The van der Waals surface area contributed by atoms with Gasteiger partial charge in [-0.05, 0) is 15.9 Å². The van der Waals surface area contributed by atoms with Gasteiger partial charge in [0, 0.05) is 28.3 Å². The Hall–Kier alpha value is -1.32. The predicted molar refractivity (Wildman–Crippen MR) is 69.1 cm³/mol. The second kappa shape index (κ2) is 5.12. The molecule has 0 amide bonds. The lowest BCUT2D eigenvalue weighted by Gasteiger charge is -2.04. The van der Waals surface area contributed by atoms with Crippen LogP contribution in [-0.2, 0) is 6.54 Å². The topological polar surface area (TPSA) is 90.9 Å². The fourth-order valence-electron chi connectivity index (χ4n) is 1.29. The summed E-state index contributed by atoms with van der Waals surface area (Å²) in [6.45, 7) is 0.0362. The van der Waals surface area contributed by atoms with Crippen LogP contribution in [0.15, 0.2) is 21.5 Å². The van der Waals surface area contributed by atoms with Gasteiger partial charge in [0.2, 0.25) is 0 Å². The van der Waals surface area contributed by atoms with Crippen LogP contribution in [-0.4, -0.2) is 19.1 Å². The molecule has 0 unspecified atom stereocenters. The highest BCUT2D eigenvalue weighted by Crippen LogP contribution is 2.19. The largest absolute Gasteiger partial charge is 0.335 e. The third-order valence-corrected chi connectivity index (χ3v) is 3.48. The first kappa shape index (κ1) is 13.1. The lowest BCUT2D eigenvalue weighted by atomic mass is 10.4. The SMILES string of the molecule is O=c1c([N+](=O)[O-])cc(Br)cn1Cc1nnsc1Cl. The Kier molecular flexibility index (Phi) is 3.73. The van der Waals surface area contributed by atoms with Crippen molar-refractivity contribution in [3.8, 4) is 0 Å². The summed E-state index contributed by atoms with van der Waals surface area (Å²) in [6, 6.07) is 1.15. The monoisotopic (exact) mass is 350 g/mol. The van der Waals surface area contributed by atoms with Crippen LogP contribution in [0.2, 0.25) is 4.34 Å². The summed E-state index contributed by atoms with van der Waals surface area (Å²) >= 11 is 9.91. The van der Waals surface area contributed by atoms with Gasteiger partial charge in [0.05, 0.1) is 11.5 Å². The molecule has 0 aliphatic heterocycles. The molecule has 2 aromatic heterocycles. The minimum absolute atomic E-state index is 0.0362.